The van der Waals surface area contributed by atoms with E-state index in [-0.39, 0.29) is 40.7 Å². The van der Waals surface area contributed by atoms with Gasteiger partial charge in [0.15, 0.2) is 9.84 Å². The number of anilines is 1. The largest absolute Gasteiger partial charge is 0.417 e. The number of pyridine rings is 1. The van der Waals surface area contributed by atoms with Crippen molar-refractivity contribution in [2.45, 2.75) is 25.9 Å². The van der Waals surface area contributed by atoms with Crippen LogP contribution in [0.2, 0.25) is 5.02 Å². The first-order valence-corrected chi connectivity index (χ1v) is 10.7. The molecule has 11 heteroatoms. The predicted octanol–water partition coefficient (Wildman–Crippen LogP) is 2.52. The summed E-state index contributed by atoms with van der Waals surface area (Å²) in [5, 5.41) is 2.54. The number of amides is 1. The van der Waals surface area contributed by atoms with Crippen LogP contribution in [-0.4, -0.2) is 50.4 Å². The summed E-state index contributed by atoms with van der Waals surface area (Å²) in [4.78, 5) is 17.7. The van der Waals surface area contributed by atoms with Gasteiger partial charge in [0.05, 0.1) is 16.3 Å². The van der Waals surface area contributed by atoms with Gasteiger partial charge < -0.3 is 10.2 Å². The average Bonchev–Trinajstić information content (AvgIpc) is 2.61. The highest BCUT2D eigenvalue weighted by Crippen LogP contribution is 2.34. The van der Waals surface area contributed by atoms with Crippen LogP contribution in [0, 0.1) is 5.92 Å². The highest BCUT2D eigenvalue weighted by atomic mass is 35.5. The number of alkyl halides is 3. The van der Waals surface area contributed by atoms with Crippen LogP contribution < -0.4 is 10.2 Å². The first kappa shape index (κ1) is 21.7. The summed E-state index contributed by atoms with van der Waals surface area (Å²) in [6.07, 6.45) is -2.81. The fourth-order valence-electron chi connectivity index (χ4n) is 2.79. The third-order valence-corrected chi connectivity index (χ3v) is 6.45. The standard InChI is InChI=1S/C16H21ClF3N3O3S/c1-2-27(25,26)8-5-21-15(24)11-3-6-23(7-4-11)14-13(17)9-12(10-22-14)16(18,19)20/h9-11H,2-8H2,1H3,(H,21,24). The zero-order valence-electron chi connectivity index (χ0n) is 14.7. The van der Waals surface area contributed by atoms with Crippen LogP contribution in [-0.2, 0) is 20.8 Å². The molecule has 1 N–H and O–H groups in total. The summed E-state index contributed by atoms with van der Waals surface area (Å²) in [5.74, 6) is -0.301. The van der Waals surface area contributed by atoms with E-state index in [0.29, 0.717) is 25.9 Å². The molecule has 6 nitrogen and oxygen atoms in total. The smallest absolute Gasteiger partial charge is 0.355 e. The van der Waals surface area contributed by atoms with Crippen molar-refractivity contribution < 1.29 is 26.4 Å². The molecule has 1 saturated heterocycles. The first-order chi connectivity index (χ1) is 12.5. The summed E-state index contributed by atoms with van der Waals surface area (Å²) in [5.41, 5.74) is -0.910. The van der Waals surface area contributed by atoms with E-state index in [0.717, 1.165) is 12.3 Å². The lowest BCUT2D eigenvalue weighted by atomic mass is 9.96. The summed E-state index contributed by atoms with van der Waals surface area (Å²) >= 11 is 5.95. The molecule has 0 aliphatic carbocycles. The molecule has 0 atom stereocenters. The molecule has 0 saturated carbocycles. The van der Waals surface area contributed by atoms with Crippen molar-refractivity contribution in [3.05, 3.63) is 22.8 Å². The molecule has 1 amide bonds. The summed E-state index contributed by atoms with van der Waals surface area (Å²) in [6.45, 7) is 2.46. The molecule has 0 aromatic carbocycles. The lowest BCUT2D eigenvalue weighted by Crippen LogP contribution is -2.42. The number of rotatable bonds is 6. The quantitative estimate of drug-likeness (QED) is 0.754. The van der Waals surface area contributed by atoms with Crippen LogP contribution in [0.15, 0.2) is 12.3 Å². The number of hydrogen-bond donors (Lipinski definition) is 1. The molecule has 1 aromatic heterocycles. The van der Waals surface area contributed by atoms with E-state index in [9.17, 15) is 26.4 Å². The lowest BCUT2D eigenvalue weighted by molar-refractivity contribution is -0.137. The molecule has 2 rings (SSSR count). The van der Waals surface area contributed by atoms with E-state index in [1.165, 1.54) is 0 Å². The number of nitrogens with one attached hydrogen (secondary N) is 1. The molecule has 0 spiro atoms. The van der Waals surface area contributed by atoms with Crippen molar-refractivity contribution in [2.75, 3.05) is 36.0 Å². The second-order valence-electron chi connectivity index (χ2n) is 6.32. The Morgan fingerprint density at radius 3 is 2.52 bits per heavy atom. The average molecular weight is 428 g/mol. The van der Waals surface area contributed by atoms with Gasteiger partial charge in [-0.2, -0.15) is 13.2 Å². The third-order valence-electron chi connectivity index (χ3n) is 4.47. The van der Waals surface area contributed by atoms with Gasteiger partial charge in [-0.3, -0.25) is 4.79 Å². The monoisotopic (exact) mass is 427 g/mol. The van der Waals surface area contributed by atoms with Gasteiger partial charge in [0.1, 0.15) is 5.82 Å². The maximum Gasteiger partial charge on any atom is 0.417 e. The molecule has 1 aromatic rings. The van der Waals surface area contributed by atoms with E-state index in [2.05, 4.69) is 10.3 Å². The molecular formula is C16H21ClF3N3O3S. The molecular weight excluding hydrogens is 407 g/mol. The van der Waals surface area contributed by atoms with Crippen molar-refractivity contribution in [1.82, 2.24) is 10.3 Å². The fraction of sp³-hybridized carbons (Fsp3) is 0.625. The van der Waals surface area contributed by atoms with Crippen LogP contribution in [0.1, 0.15) is 25.3 Å². The van der Waals surface area contributed by atoms with E-state index < -0.39 is 21.6 Å². The van der Waals surface area contributed by atoms with Crippen LogP contribution in [0.5, 0.6) is 0 Å². The maximum atomic E-state index is 12.7. The molecule has 152 valence electrons. The Balaban J connectivity index is 1.89. The van der Waals surface area contributed by atoms with Crippen LogP contribution in [0.3, 0.4) is 0 Å². The molecule has 27 heavy (non-hydrogen) atoms. The number of hydrogen-bond acceptors (Lipinski definition) is 5. The number of nitrogens with zero attached hydrogens (tertiary/aromatic N) is 2. The number of aromatic nitrogens is 1. The molecule has 0 radical (unpaired) electrons. The van der Waals surface area contributed by atoms with E-state index >= 15 is 0 Å². The van der Waals surface area contributed by atoms with Crippen LogP contribution in [0.4, 0.5) is 19.0 Å². The maximum absolute atomic E-state index is 12.7. The van der Waals surface area contributed by atoms with Gasteiger partial charge in [0, 0.05) is 37.5 Å². The van der Waals surface area contributed by atoms with Gasteiger partial charge in [-0.25, -0.2) is 13.4 Å². The van der Waals surface area contributed by atoms with Gasteiger partial charge in [0.25, 0.3) is 0 Å². The fourth-order valence-corrected chi connectivity index (χ4v) is 3.78. The zero-order valence-corrected chi connectivity index (χ0v) is 16.3. The minimum absolute atomic E-state index is 0.0299. The Labute approximate surface area is 161 Å². The van der Waals surface area contributed by atoms with Gasteiger partial charge >= 0.3 is 6.18 Å². The highest BCUT2D eigenvalue weighted by molar-refractivity contribution is 7.91. The normalized spacial score (nSPS) is 16.4. The number of sulfone groups is 1. The van der Waals surface area contributed by atoms with Crippen molar-refractivity contribution in [3.8, 4) is 0 Å². The SMILES string of the molecule is CCS(=O)(=O)CCNC(=O)C1CCN(c2ncc(C(F)(F)F)cc2Cl)CC1. The van der Waals surface area contributed by atoms with Crippen molar-refractivity contribution in [1.29, 1.82) is 0 Å². The van der Waals surface area contributed by atoms with E-state index in [1.807, 2.05) is 0 Å². The number of carbonyl (C=O) groups is 1. The molecule has 2 heterocycles. The second-order valence-corrected chi connectivity index (χ2v) is 9.20. The Morgan fingerprint density at radius 2 is 2.00 bits per heavy atom. The second kappa shape index (κ2) is 8.64. The Hall–Kier alpha value is -1.55. The highest BCUT2D eigenvalue weighted by Gasteiger charge is 2.33. The van der Waals surface area contributed by atoms with E-state index in [4.69, 9.17) is 11.6 Å². The third kappa shape index (κ3) is 5.97. The topological polar surface area (TPSA) is 79.4 Å². The Kier molecular flexibility index (Phi) is 6.96. The van der Waals surface area contributed by atoms with Crippen molar-refractivity contribution in [2.24, 2.45) is 5.92 Å². The van der Waals surface area contributed by atoms with Crippen LogP contribution in [0.25, 0.3) is 0 Å². The molecule has 1 aliphatic rings. The molecule has 1 aliphatic heterocycles. The molecule has 0 unspecified atom stereocenters. The van der Waals surface area contributed by atoms with Gasteiger partial charge in [-0.05, 0) is 18.9 Å². The Morgan fingerprint density at radius 1 is 1.37 bits per heavy atom. The number of piperidine rings is 1. The summed E-state index contributed by atoms with van der Waals surface area (Å²) in [7, 11) is -3.14. The van der Waals surface area contributed by atoms with Crippen LogP contribution >= 0.6 is 11.6 Å². The molecule has 0 bridgehead atoms. The van der Waals surface area contributed by atoms with E-state index in [1.54, 1.807) is 11.8 Å². The number of carbonyl (C=O) groups excluding carboxylic acids is 1. The number of halogens is 4. The van der Waals surface area contributed by atoms with Crippen molar-refractivity contribution in [3.63, 3.8) is 0 Å². The predicted molar refractivity (Wildman–Crippen MR) is 96.5 cm³/mol. The Bertz CT molecular complexity index is 779. The van der Waals surface area contributed by atoms with Gasteiger partial charge in [0.2, 0.25) is 5.91 Å². The first-order valence-electron chi connectivity index (χ1n) is 8.49. The van der Waals surface area contributed by atoms with Crippen molar-refractivity contribution >= 4 is 33.2 Å². The molecule has 1 fully saturated rings. The zero-order chi connectivity index (χ0) is 20.2. The lowest BCUT2D eigenvalue weighted by Gasteiger charge is -2.32. The van der Waals surface area contributed by atoms with Gasteiger partial charge in [-0.15, -0.1) is 0 Å². The minimum atomic E-state index is -4.51. The summed E-state index contributed by atoms with van der Waals surface area (Å²) < 4.78 is 60.9. The van der Waals surface area contributed by atoms with Gasteiger partial charge in [-0.1, -0.05) is 18.5 Å². The minimum Gasteiger partial charge on any atom is -0.355 e. The summed E-state index contributed by atoms with van der Waals surface area (Å²) in [6, 6.07) is 0.844.